The molecule has 0 atom stereocenters. The molecule has 0 aromatic heterocycles. The Bertz CT molecular complexity index is 518. The molecule has 3 nitrogen and oxygen atoms in total. The van der Waals surface area contributed by atoms with Gasteiger partial charge in [0.25, 0.3) is 0 Å². The Morgan fingerprint density at radius 3 is 2.25 bits per heavy atom. The van der Waals surface area contributed by atoms with Crippen molar-refractivity contribution >= 4 is 11.8 Å². The first-order valence-corrected chi connectivity index (χ1v) is 6.60. The van der Waals surface area contributed by atoms with E-state index in [4.69, 9.17) is 0 Å². The highest BCUT2D eigenvalue weighted by molar-refractivity contribution is 5.91. The number of aliphatic carboxylic acids is 1. The van der Waals surface area contributed by atoms with Gasteiger partial charge >= 0.3 is 5.97 Å². The summed E-state index contributed by atoms with van der Waals surface area (Å²) in [6.07, 6.45) is 0.614. The van der Waals surface area contributed by atoms with E-state index in [0.717, 1.165) is 5.56 Å². The maximum atomic E-state index is 13.1. The van der Waals surface area contributed by atoms with Crippen molar-refractivity contribution in [3.05, 3.63) is 35.6 Å². The number of carbonyl (C=O) groups excluding carboxylic acids is 1. The fourth-order valence-electron chi connectivity index (χ4n) is 1.88. The molecule has 0 aliphatic rings. The normalized spacial score (nSPS) is 12.2. The van der Waals surface area contributed by atoms with E-state index >= 15 is 0 Å². The molecule has 0 spiro atoms. The van der Waals surface area contributed by atoms with Crippen molar-refractivity contribution in [3.63, 3.8) is 0 Å². The maximum Gasteiger partial charge on any atom is 0.310 e. The summed E-state index contributed by atoms with van der Waals surface area (Å²) in [4.78, 5) is 23.6. The van der Waals surface area contributed by atoms with E-state index in [1.165, 1.54) is 12.1 Å². The minimum Gasteiger partial charge on any atom is -0.481 e. The largest absolute Gasteiger partial charge is 0.481 e. The Labute approximate surface area is 118 Å². The molecule has 0 aliphatic heterocycles. The summed E-state index contributed by atoms with van der Waals surface area (Å²) in [6.45, 7) is 6.40. The molecular formula is C16H21FO3. The minimum atomic E-state index is -1.15. The van der Waals surface area contributed by atoms with Crippen LogP contribution in [0.15, 0.2) is 24.3 Å². The van der Waals surface area contributed by atoms with E-state index in [1.54, 1.807) is 39.8 Å². The van der Waals surface area contributed by atoms with E-state index in [9.17, 15) is 19.1 Å². The van der Waals surface area contributed by atoms with Crippen LogP contribution in [0.4, 0.5) is 4.39 Å². The van der Waals surface area contributed by atoms with Gasteiger partial charge in [0.2, 0.25) is 0 Å². The van der Waals surface area contributed by atoms with Gasteiger partial charge in [0, 0.05) is 11.8 Å². The van der Waals surface area contributed by atoms with Gasteiger partial charge in [-0.2, -0.15) is 0 Å². The molecule has 0 heterocycles. The molecule has 0 bridgehead atoms. The summed E-state index contributed by atoms with van der Waals surface area (Å²) in [5.41, 5.74) is -1.39. The molecule has 0 radical (unpaired) electrons. The molecule has 0 saturated carbocycles. The number of carboxylic acids is 1. The Morgan fingerprint density at radius 2 is 1.75 bits per heavy atom. The molecule has 1 aromatic rings. The number of rotatable bonds is 6. The topological polar surface area (TPSA) is 54.4 Å². The molecule has 1 aromatic carbocycles. The molecule has 110 valence electrons. The van der Waals surface area contributed by atoms with E-state index in [-0.39, 0.29) is 18.0 Å². The lowest BCUT2D eigenvalue weighted by Gasteiger charge is -2.36. The number of ketones is 1. The average Bonchev–Trinajstić information content (AvgIpc) is 2.35. The summed E-state index contributed by atoms with van der Waals surface area (Å²) in [7, 11) is 0. The van der Waals surface area contributed by atoms with Crippen molar-refractivity contribution in [2.75, 3.05) is 0 Å². The number of hydrogen-bond donors (Lipinski definition) is 1. The van der Waals surface area contributed by atoms with Gasteiger partial charge in [-0.1, -0.05) is 26.0 Å². The Hall–Kier alpha value is -1.71. The lowest BCUT2D eigenvalue weighted by molar-refractivity contribution is -0.159. The summed E-state index contributed by atoms with van der Waals surface area (Å²) in [6, 6.07) is 6.10. The van der Waals surface area contributed by atoms with Crippen LogP contribution >= 0.6 is 0 Å². The fraction of sp³-hybridized carbons (Fsp3) is 0.500. The third kappa shape index (κ3) is 3.24. The zero-order valence-corrected chi connectivity index (χ0v) is 12.4. The number of carboxylic acid groups (broad SMARTS) is 1. The number of Topliss-reactive ketones (excluding diaryl/α,β-unsaturated/α-hetero) is 1. The van der Waals surface area contributed by atoms with Crippen molar-refractivity contribution in [3.8, 4) is 0 Å². The van der Waals surface area contributed by atoms with E-state index in [0.29, 0.717) is 6.42 Å². The van der Waals surface area contributed by atoms with E-state index in [1.807, 2.05) is 0 Å². The molecule has 1 rings (SSSR count). The Balaban J connectivity index is 2.78. The van der Waals surface area contributed by atoms with Crippen molar-refractivity contribution in [1.29, 1.82) is 0 Å². The van der Waals surface area contributed by atoms with Gasteiger partial charge in [0.15, 0.2) is 0 Å². The highest BCUT2D eigenvalue weighted by atomic mass is 19.1. The molecule has 0 unspecified atom stereocenters. The SMILES string of the molecule is CC(C)(C(=O)O)C(C)(C)C(=O)CCc1cccc(F)c1. The van der Waals surface area contributed by atoms with Gasteiger partial charge < -0.3 is 5.11 Å². The highest BCUT2D eigenvalue weighted by Crippen LogP contribution is 2.40. The first-order chi connectivity index (χ1) is 9.09. The van der Waals surface area contributed by atoms with Gasteiger partial charge in [-0.05, 0) is 38.0 Å². The van der Waals surface area contributed by atoms with Crippen molar-refractivity contribution in [2.24, 2.45) is 10.8 Å². The molecule has 0 aliphatic carbocycles. The smallest absolute Gasteiger partial charge is 0.310 e. The number of hydrogen-bond acceptors (Lipinski definition) is 2. The van der Waals surface area contributed by atoms with Gasteiger partial charge in [-0.15, -0.1) is 0 Å². The van der Waals surface area contributed by atoms with Crippen LogP contribution in [0.1, 0.15) is 39.7 Å². The molecule has 4 heteroatoms. The van der Waals surface area contributed by atoms with E-state index in [2.05, 4.69) is 0 Å². The second kappa shape index (κ2) is 5.73. The van der Waals surface area contributed by atoms with Crippen molar-refractivity contribution in [2.45, 2.75) is 40.5 Å². The summed E-state index contributed by atoms with van der Waals surface area (Å²) < 4.78 is 13.1. The third-order valence-corrected chi connectivity index (χ3v) is 4.32. The monoisotopic (exact) mass is 280 g/mol. The number of halogens is 1. The molecule has 0 fully saturated rings. The first kappa shape index (κ1) is 16.3. The lowest BCUT2D eigenvalue weighted by Crippen LogP contribution is -2.45. The van der Waals surface area contributed by atoms with Crippen molar-refractivity contribution in [1.82, 2.24) is 0 Å². The zero-order valence-electron chi connectivity index (χ0n) is 12.4. The highest BCUT2D eigenvalue weighted by Gasteiger charge is 2.47. The van der Waals surface area contributed by atoms with Crippen LogP contribution in [0.2, 0.25) is 0 Å². The summed E-state index contributed by atoms with van der Waals surface area (Å²) >= 11 is 0. The van der Waals surface area contributed by atoms with Crippen LogP contribution in [0, 0.1) is 16.6 Å². The van der Waals surface area contributed by atoms with Crippen LogP contribution in [0.5, 0.6) is 0 Å². The lowest BCUT2D eigenvalue weighted by atomic mass is 9.64. The standard InChI is InChI=1S/C16H21FO3/c1-15(2,16(3,4)14(19)20)13(18)9-8-11-6-5-7-12(17)10-11/h5-7,10H,8-9H2,1-4H3,(H,19,20). The molecular weight excluding hydrogens is 259 g/mol. The maximum absolute atomic E-state index is 13.1. The summed E-state index contributed by atoms with van der Waals surface area (Å²) in [5, 5.41) is 9.25. The predicted octanol–water partition coefficient (Wildman–Crippen LogP) is 3.46. The van der Waals surface area contributed by atoms with Gasteiger partial charge in [-0.25, -0.2) is 4.39 Å². The van der Waals surface area contributed by atoms with Gasteiger partial charge in [-0.3, -0.25) is 9.59 Å². The van der Waals surface area contributed by atoms with E-state index < -0.39 is 16.8 Å². The number of benzene rings is 1. The van der Waals surface area contributed by atoms with Crippen LogP contribution < -0.4 is 0 Å². The van der Waals surface area contributed by atoms with Gasteiger partial charge in [0.05, 0.1) is 5.41 Å². The van der Waals surface area contributed by atoms with Crippen LogP contribution in [-0.2, 0) is 16.0 Å². The first-order valence-electron chi connectivity index (χ1n) is 6.60. The second-order valence-electron chi connectivity index (χ2n) is 6.11. The minimum absolute atomic E-state index is 0.130. The Morgan fingerprint density at radius 1 is 1.15 bits per heavy atom. The molecule has 20 heavy (non-hydrogen) atoms. The average molecular weight is 280 g/mol. The third-order valence-electron chi connectivity index (χ3n) is 4.32. The zero-order chi connectivity index (χ0) is 15.6. The fourth-order valence-corrected chi connectivity index (χ4v) is 1.88. The second-order valence-corrected chi connectivity index (χ2v) is 6.11. The summed E-state index contributed by atoms with van der Waals surface area (Å²) in [5.74, 6) is -1.46. The quantitative estimate of drug-likeness (QED) is 0.868. The van der Waals surface area contributed by atoms with Crippen LogP contribution in [-0.4, -0.2) is 16.9 Å². The Kier molecular flexibility index (Phi) is 4.69. The molecule has 0 amide bonds. The van der Waals surface area contributed by atoms with Crippen LogP contribution in [0.25, 0.3) is 0 Å². The van der Waals surface area contributed by atoms with Gasteiger partial charge in [0.1, 0.15) is 11.6 Å². The predicted molar refractivity (Wildman–Crippen MR) is 74.9 cm³/mol. The molecule has 0 saturated heterocycles. The van der Waals surface area contributed by atoms with Crippen LogP contribution in [0.3, 0.4) is 0 Å². The number of aryl methyl sites for hydroxylation is 1. The number of carbonyl (C=O) groups is 2. The van der Waals surface area contributed by atoms with Crippen molar-refractivity contribution < 1.29 is 19.1 Å². The molecule has 1 N–H and O–H groups in total.